The van der Waals surface area contributed by atoms with E-state index in [1.807, 2.05) is 29.8 Å². The van der Waals surface area contributed by atoms with Crippen molar-refractivity contribution in [3.05, 3.63) is 30.7 Å². The van der Waals surface area contributed by atoms with Crippen molar-refractivity contribution < 1.29 is 4.52 Å². The van der Waals surface area contributed by atoms with Gasteiger partial charge in [-0.3, -0.25) is 0 Å². The molecule has 1 aromatic carbocycles. The van der Waals surface area contributed by atoms with Crippen LogP contribution in [0.25, 0.3) is 22.2 Å². The summed E-state index contributed by atoms with van der Waals surface area (Å²) in [5.74, 6) is 0.329. The molecule has 5 nitrogen and oxygen atoms in total. The predicted octanol–water partition coefficient (Wildman–Crippen LogP) is 1.81. The minimum atomic E-state index is 0.329. The molecule has 0 aliphatic carbocycles. The van der Waals surface area contributed by atoms with Crippen LogP contribution in [-0.4, -0.2) is 14.7 Å². The normalized spacial score (nSPS) is 11.1. The molecule has 0 spiro atoms. The molecule has 3 aromatic rings. The monoisotopic (exact) mass is 214 g/mol. The van der Waals surface area contributed by atoms with Crippen LogP contribution in [-0.2, 0) is 7.05 Å². The Morgan fingerprint density at radius 1 is 1.38 bits per heavy atom. The zero-order valence-corrected chi connectivity index (χ0v) is 8.71. The first kappa shape index (κ1) is 8.96. The maximum Gasteiger partial charge on any atom is 0.229 e. The van der Waals surface area contributed by atoms with Gasteiger partial charge in [0, 0.05) is 7.05 Å². The summed E-state index contributed by atoms with van der Waals surface area (Å²) in [5, 5.41) is 3.66. The van der Waals surface area contributed by atoms with E-state index in [2.05, 4.69) is 10.1 Å². The van der Waals surface area contributed by atoms with Gasteiger partial charge in [-0.15, -0.1) is 0 Å². The fourth-order valence-electron chi connectivity index (χ4n) is 1.77. The summed E-state index contributed by atoms with van der Waals surface area (Å²) < 4.78 is 6.81. The molecule has 80 valence electrons. The first-order valence-electron chi connectivity index (χ1n) is 4.87. The van der Waals surface area contributed by atoms with E-state index in [9.17, 15) is 0 Å². The number of nitrogens with two attached hydrogens (primary N) is 1. The standard InChI is InChI=1S/C11H10N4O/c1-15-6-13-9-4-7(2-3-10(9)15)8-5-14-16-11(8)12/h2-6H,12H2,1H3. The molecule has 5 heteroatoms. The van der Waals surface area contributed by atoms with Gasteiger partial charge in [0.15, 0.2) is 0 Å². The van der Waals surface area contributed by atoms with Crippen molar-refractivity contribution in [2.75, 3.05) is 5.73 Å². The fraction of sp³-hybridized carbons (Fsp3) is 0.0909. The quantitative estimate of drug-likeness (QED) is 0.670. The Balaban J connectivity index is 2.23. The third kappa shape index (κ3) is 1.18. The SMILES string of the molecule is Cn1cnc2cc(-c3cnoc3N)ccc21. The van der Waals surface area contributed by atoms with E-state index in [0.29, 0.717) is 5.88 Å². The summed E-state index contributed by atoms with van der Waals surface area (Å²) in [5.41, 5.74) is 9.44. The van der Waals surface area contributed by atoms with Crippen molar-refractivity contribution >= 4 is 16.9 Å². The van der Waals surface area contributed by atoms with Gasteiger partial charge in [-0.05, 0) is 17.7 Å². The van der Waals surface area contributed by atoms with Crippen molar-refractivity contribution in [1.82, 2.24) is 14.7 Å². The minimum Gasteiger partial charge on any atom is -0.367 e. The van der Waals surface area contributed by atoms with Crippen LogP contribution >= 0.6 is 0 Å². The maximum atomic E-state index is 5.67. The number of fused-ring (bicyclic) bond motifs is 1. The number of aryl methyl sites for hydroxylation is 1. The van der Waals surface area contributed by atoms with Crippen LogP contribution in [0.4, 0.5) is 5.88 Å². The molecule has 2 heterocycles. The van der Waals surface area contributed by atoms with Gasteiger partial charge in [-0.25, -0.2) is 4.98 Å². The van der Waals surface area contributed by atoms with E-state index >= 15 is 0 Å². The average molecular weight is 214 g/mol. The molecule has 3 rings (SSSR count). The Morgan fingerprint density at radius 2 is 2.25 bits per heavy atom. The molecule has 0 aliphatic heterocycles. The van der Waals surface area contributed by atoms with E-state index in [-0.39, 0.29) is 0 Å². The summed E-state index contributed by atoms with van der Waals surface area (Å²) in [6.07, 6.45) is 3.39. The van der Waals surface area contributed by atoms with Crippen LogP contribution in [0.5, 0.6) is 0 Å². The van der Waals surface area contributed by atoms with Gasteiger partial charge in [0.1, 0.15) is 0 Å². The third-order valence-corrected chi connectivity index (χ3v) is 2.63. The molecule has 0 amide bonds. The van der Waals surface area contributed by atoms with Crippen LogP contribution in [0.15, 0.2) is 35.2 Å². The molecular weight excluding hydrogens is 204 g/mol. The minimum absolute atomic E-state index is 0.329. The highest BCUT2D eigenvalue weighted by Crippen LogP contribution is 2.27. The Labute approximate surface area is 91.5 Å². The highest BCUT2D eigenvalue weighted by molar-refractivity contribution is 5.84. The lowest BCUT2D eigenvalue weighted by Crippen LogP contribution is -1.86. The Kier molecular flexibility index (Phi) is 1.73. The van der Waals surface area contributed by atoms with Gasteiger partial charge in [-0.1, -0.05) is 11.2 Å². The Morgan fingerprint density at radius 3 is 3.00 bits per heavy atom. The number of rotatable bonds is 1. The molecule has 2 aromatic heterocycles. The largest absolute Gasteiger partial charge is 0.367 e. The van der Waals surface area contributed by atoms with Gasteiger partial charge in [0.25, 0.3) is 0 Å². The number of hydrogen-bond acceptors (Lipinski definition) is 4. The number of imidazole rings is 1. The molecule has 0 unspecified atom stereocenters. The predicted molar refractivity (Wildman–Crippen MR) is 60.6 cm³/mol. The summed E-state index contributed by atoms with van der Waals surface area (Å²) in [4.78, 5) is 4.29. The summed E-state index contributed by atoms with van der Waals surface area (Å²) in [7, 11) is 1.96. The molecule has 0 saturated carbocycles. The van der Waals surface area contributed by atoms with Crippen LogP contribution in [0.1, 0.15) is 0 Å². The molecule has 2 N–H and O–H groups in total. The summed E-state index contributed by atoms with van der Waals surface area (Å²) in [6, 6.07) is 5.95. The molecule has 0 atom stereocenters. The summed E-state index contributed by atoms with van der Waals surface area (Å²) >= 11 is 0. The van der Waals surface area contributed by atoms with Gasteiger partial charge in [0.05, 0.1) is 29.1 Å². The van der Waals surface area contributed by atoms with Crippen LogP contribution in [0, 0.1) is 0 Å². The zero-order chi connectivity index (χ0) is 11.1. The second kappa shape index (κ2) is 3.10. The number of hydrogen-bond donors (Lipinski definition) is 1. The van der Waals surface area contributed by atoms with Crippen LogP contribution < -0.4 is 5.73 Å². The summed E-state index contributed by atoms with van der Waals surface area (Å²) in [6.45, 7) is 0. The molecule has 0 aliphatic rings. The highest BCUT2D eigenvalue weighted by atomic mass is 16.5. The third-order valence-electron chi connectivity index (χ3n) is 2.63. The van der Waals surface area contributed by atoms with Gasteiger partial charge in [0.2, 0.25) is 5.88 Å². The first-order chi connectivity index (χ1) is 7.75. The maximum absolute atomic E-state index is 5.67. The first-order valence-corrected chi connectivity index (χ1v) is 4.87. The number of benzene rings is 1. The molecule has 0 radical (unpaired) electrons. The second-order valence-electron chi connectivity index (χ2n) is 3.66. The van der Waals surface area contributed by atoms with Gasteiger partial charge >= 0.3 is 0 Å². The molecule has 0 bridgehead atoms. The van der Waals surface area contributed by atoms with Crippen molar-refractivity contribution in [2.24, 2.45) is 7.05 Å². The lowest BCUT2D eigenvalue weighted by molar-refractivity contribution is 0.436. The zero-order valence-electron chi connectivity index (χ0n) is 8.71. The van der Waals surface area contributed by atoms with Crippen LogP contribution in [0.2, 0.25) is 0 Å². The number of anilines is 1. The molecule has 16 heavy (non-hydrogen) atoms. The molecule has 0 fully saturated rings. The Hall–Kier alpha value is -2.30. The van der Waals surface area contributed by atoms with E-state index in [4.69, 9.17) is 10.3 Å². The van der Waals surface area contributed by atoms with Crippen molar-refractivity contribution in [3.63, 3.8) is 0 Å². The highest BCUT2D eigenvalue weighted by Gasteiger charge is 2.08. The fourth-order valence-corrected chi connectivity index (χ4v) is 1.77. The van der Waals surface area contributed by atoms with E-state index in [1.165, 1.54) is 0 Å². The smallest absolute Gasteiger partial charge is 0.229 e. The Bertz CT molecular complexity index is 653. The number of nitrogen functional groups attached to an aromatic ring is 1. The second-order valence-corrected chi connectivity index (χ2v) is 3.66. The lowest BCUT2D eigenvalue weighted by atomic mass is 10.1. The van der Waals surface area contributed by atoms with Gasteiger partial charge in [-0.2, -0.15) is 0 Å². The topological polar surface area (TPSA) is 69.9 Å². The van der Waals surface area contributed by atoms with Crippen molar-refractivity contribution in [2.45, 2.75) is 0 Å². The van der Waals surface area contributed by atoms with Crippen molar-refractivity contribution in [3.8, 4) is 11.1 Å². The van der Waals surface area contributed by atoms with Crippen LogP contribution in [0.3, 0.4) is 0 Å². The van der Waals surface area contributed by atoms with Crippen molar-refractivity contribution in [1.29, 1.82) is 0 Å². The molecular formula is C11H10N4O. The number of aromatic nitrogens is 3. The van der Waals surface area contributed by atoms with Gasteiger partial charge < -0.3 is 14.8 Å². The van der Waals surface area contributed by atoms with E-state index in [1.54, 1.807) is 12.5 Å². The average Bonchev–Trinajstić information content (AvgIpc) is 2.86. The number of nitrogens with zero attached hydrogens (tertiary/aromatic N) is 3. The van der Waals surface area contributed by atoms with E-state index in [0.717, 1.165) is 22.2 Å². The lowest BCUT2D eigenvalue weighted by Gasteiger charge is -1.98. The van der Waals surface area contributed by atoms with E-state index < -0.39 is 0 Å². The molecule has 0 saturated heterocycles.